The van der Waals surface area contributed by atoms with Crippen LogP contribution in [-0.2, 0) is 14.3 Å². The highest BCUT2D eigenvalue weighted by atomic mass is 16.5. The zero-order chi connectivity index (χ0) is 8.10. The molecular weight excluding hydrogens is 146 g/mol. The molecule has 0 unspecified atom stereocenters. The topological polar surface area (TPSA) is 47.6 Å². The van der Waals surface area contributed by atoms with E-state index in [1.54, 1.807) is 0 Å². The molecule has 0 bridgehead atoms. The lowest BCUT2D eigenvalue weighted by Gasteiger charge is -2.22. The molecular formula is C7H13NO3. The van der Waals surface area contributed by atoms with Crippen molar-refractivity contribution in [2.75, 3.05) is 26.8 Å². The summed E-state index contributed by atoms with van der Waals surface area (Å²) < 4.78 is 9.79. The van der Waals surface area contributed by atoms with E-state index in [1.165, 1.54) is 7.11 Å². The molecule has 0 aromatic rings. The Balaban J connectivity index is 2.19. The van der Waals surface area contributed by atoms with Gasteiger partial charge in [0.1, 0.15) is 0 Å². The molecule has 0 spiro atoms. The highest BCUT2D eigenvalue weighted by Gasteiger charge is 2.16. The molecule has 4 nitrogen and oxygen atoms in total. The van der Waals surface area contributed by atoms with E-state index in [0.29, 0.717) is 13.0 Å². The third-order valence-electron chi connectivity index (χ3n) is 1.63. The van der Waals surface area contributed by atoms with E-state index in [4.69, 9.17) is 4.74 Å². The molecule has 0 saturated carbocycles. The average Bonchev–Trinajstić information content (AvgIpc) is 2.06. The van der Waals surface area contributed by atoms with E-state index in [9.17, 15) is 4.79 Å². The van der Waals surface area contributed by atoms with Gasteiger partial charge in [-0.2, -0.15) is 0 Å². The molecule has 1 N–H and O–H groups in total. The summed E-state index contributed by atoms with van der Waals surface area (Å²) in [7, 11) is 1.39. The van der Waals surface area contributed by atoms with Gasteiger partial charge in [-0.15, -0.1) is 0 Å². The zero-order valence-corrected chi connectivity index (χ0v) is 6.63. The molecule has 1 saturated heterocycles. The molecule has 1 atom stereocenters. The predicted octanol–water partition coefficient (Wildman–Crippen LogP) is -0.462. The van der Waals surface area contributed by atoms with Gasteiger partial charge in [0.15, 0.2) is 0 Å². The normalized spacial score (nSPS) is 24.6. The second-order valence-electron chi connectivity index (χ2n) is 2.48. The third kappa shape index (κ3) is 2.86. The maximum absolute atomic E-state index is 10.8. The predicted molar refractivity (Wildman–Crippen MR) is 39.2 cm³/mol. The first-order valence-corrected chi connectivity index (χ1v) is 3.72. The standard InChI is InChI=1S/C7H13NO3/c1-10-7(9)4-6-5-8-2-3-11-6/h6,8H,2-5H2,1H3/t6-/m0/s1. The van der Waals surface area contributed by atoms with E-state index < -0.39 is 0 Å². The number of carbonyl (C=O) groups excluding carboxylic acids is 1. The highest BCUT2D eigenvalue weighted by Crippen LogP contribution is 2.01. The summed E-state index contributed by atoms with van der Waals surface area (Å²) in [6, 6.07) is 0. The molecule has 11 heavy (non-hydrogen) atoms. The Morgan fingerprint density at radius 3 is 3.18 bits per heavy atom. The van der Waals surface area contributed by atoms with E-state index in [1.807, 2.05) is 0 Å². The molecule has 0 aromatic carbocycles. The second-order valence-corrected chi connectivity index (χ2v) is 2.48. The van der Waals surface area contributed by atoms with Crippen molar-refractivity contribution in [3.05, 3.63) is 0 Å². The van der Waals surface area contributed by atoms with Crippen molar-refractivity contribution >= 4 is 5.97 Å². The smallest absolute Gasteiger partial charge is 0.308 e. The number of hydrogen-bond donors (Lipinski definition) is 1. The number of esters is 1. The maximum atomic E-state index is 10.8. The van der Waals surface area contributed by atoms with E-state index in [-0.39, 0.29) is 12.1 Å². The average molecular weight is 159 g/mol. The Morgan fingerprint density at radius 1 is 1.82 bits per heavy atom. The quantitative estimate of drug-likeness (QED) is 0.554. The van der Waals surface area contributed by atoms with Gasteiger partial charge >= 0.3 is 5.97 Å². The molecule has 64 valence electrons. The zero-order valence-electron chi connectivity index (χ0n) is 6.63. The van der Waals surface area contributed by atoms with Crippen LogP contribution in [0.3, 0.4) is 0 Å². The van der Waals surface area contributed by atoms with Crippen molar-refractivity contribution in [1.29, 1.82) is 0 Å². The van der Waals surface area contributed by atoms with Gasteiger partial charge in [-0.1, -0.05) is 0 Å². The summed E-state index contributed by atoms with van der Waals surface area (Å²) in [5, 5.41) is 3.13. The van der Waals surface area contributed by atoms with Gasteiger partial charge in [0, 0.05) is 13.1 Å². The molecule has 0 amide bonds. The van der Waals surface area contributed by atoms with Crippen LogP contribution in [0.25, 0.3) is 0 Å². The molecule has 0 aromatic heterocycles. The highest BCUT2D eigenvalue weighted by molar-refractivity contribution is 5.69. The minimum Gasteiger partial charge on any atom is -0.469 e. The van der Waals surface area contributed by atoms with E-state index in [0.717, 1.165) is 13.1 Å². The fourth-order valence-corrected chi connectivity index (χ4v) is 1.02. The Labute approximate surface area is 65.9 Å². The lowest BCUT2D eigenvalue weighted by atomic mass is 10.2. The minimum absolute atomic E-state index is 0.00352. The van der Waals surface area contributed by atoms with Crippen LogP contribution < -0.4 is 5.32 Å². The summed E-state index contributed by atoms with van der Waals surface area (Å²) in [6.07, 6.45) is 0.347. The van der Waals surface area contributed by atoms with Gasteiger partial charge in [-0.05, 0) is 0 Å². The number of nitrogens with one attached hydrogen (secondary N) is 1. The summed E-state index contributed by atoms with van der Waals surface area (Å²) in [4.78, 5) is 10.8. The Hall–Kier alpha value is -0.610. The van der Waals surface area contributed by atoms with Crippen molar-refractivity contribution < 1.29 is 14.3 Å². The van der Waals surface area contributed by atoms with Crippen LogP contribution in [-0.4, -0.2) is 38.9 Å². The van der Waals surface area contributed by atoms with Gasteiger partial charge in [0.25, 0.3) is 0 Å². The van der Waals surface area contributed by atoms with Crippen LogP contribution in [0.15, 0.2) is 0 Å². The van der Waals surface area contributed by atoms with Gasteiger partial charge in [-0.25, -0.2) is 0 Å². The van der Waals surface area contributed by atoms with Crippen molar-refractivity contribution in [3.8, 4) is 0 Å². The Kier molecular flexibility index (Phi) is 3.32. The fourth-order valence-electron chi connectivity index (χ4n) is 1.02. The lowest BCUT2D eigenvalue weighted by Crippen LogP contribution is -2.39. The van der Waals surface area contributed by atoms with Gasteiger partial charge in [0.2, 0.25) is 0 Å². The number of methoxy groups -OCH3 is 1. The van der Waals surface area contributed by atoms with Crippen LogP contribution in [0.2, 0.25) is 0 Å². The number of carbonyl (C=O) groups is 1. The largest absolute Gasteiger partial charge is 0.469 e. The van der Waals surface area contributed by atoms with Crippen molar-refractivity contribution in [2.24, 2.45) is 0 Å². The number of rotatable bonds is 2. The molecule has 1 aliphatic rings. The first-order chi connectivity index (χ1) is 5.33. The van der Waals surface area contributed by atoms with E-state index in [2.05, 4.69) is 10.1 Å². The van der Waals surface area contributed by atoms with Gasteiger partial charge < -0.3 is 14.8 Å². The monoisotopic (exact) mass is 159 g/mol. The van der Waals surface area contributed by atoms with Crippen molar-refractivity contribution in [3.63, 3.8) is 0 Å². The molecule has 1 fully saturated rings. The van der Waals surface area contributed by atoms with Crippen LogP contribution in [0.5, 0.6) is 0 Å². The van der Waals surface area contributed by atoms with Crippen molar-refractivity contribution in [2.45, 2.75) is 12.5 Å². The van der Waals surface area contributed by atoms with E-state index >= 15 is 0 Å². The fraction of sp³-hybridized carbons (Fsp3) is 0.857. The Morgan fingerprint density at radius 2 is 2.64 bits per heavy atom. The first-order valence-electron chi connectivity index (χ1n) is 3.72. The van der Waals surface area contributed by atoms with Gasteiger partial charge in [0.05, 0.1) is 26.2 Å². The van der Waals surface area contributed by atoms with Crippen LogP contribution in [0.1, 0.15) is 6.42 Å². The summed E-state index contributed by atoms with van der Waals surface area (Å²) in [5.74, 6) is -0.210. The second kappa shape index (κ2) is 4.31. The third-order valence-corrected chi connectivity index (χ3v) is 1.63. The van der Waals surface area contributed by atoms with Crippen LogP contribution in [0, 0.1) is 0 Å². The van der Waals surface area contributed by atoms with Crippen LogP contribution in [0.4, 0.5) is 0 Å². The molecule has 1 heterocycles. The summed E-state index contributed by atoms with van der Waals surface area (Å²) >= 11 is 0. The van der Waals surface area contributed by atoms with Gasteiger partial charge in [-0.3, -0.25) is 4.79 Å². The first kappa shape index (κ1) is 8.49. The number of ether oxygens (including phenoxy) is 2. The Bertz CT molecular complexity index is 132. The summed E-state index contributed by atoms with van der Waals surface area (Å²) in [6.45, 7) is 2.30. The van der Waals surface area contributed by atoms with Crippen molar-refractivity contribution in [1.82, 2.24) is 5.32 Å². The lowest BCUT2D eigenvalue weighted by molar-refractivity contribution is -0.144. The van der Waals surface area contributed by atoms with Crippen LogP contribution >= 0.6 is 0 Å². The molecule has 1 aliphatic heterocycles. The minimum atomic E-state index is -0.210. The molecule has 0 radical (unpaired) electrons. The number of hydrogen-bond acceptors (Lipinski definition) is 4. The molecule has 0 aliphatic carbocycles. The summed E-state index contributed by atoms with van der Waals surface area (Å²) in [5.41, 5.74) is 0. The molecule has 4 heteroatoms. The molecule has 1 rings (SSSR count). The number of morpholine rings is 1. The maximum Gasteiger partial charge on any atom is 0.308 e. The SMILES string of the molecule is COC(=O)C[C@H]1CNCCO1.